The van der Waals surface area contributed by atoms with E-state index in [2.05, 4.69) is 4.98 Å². The van der Waals surface area contributed by atoms with Crippen molar-refractivity contribution in [2.75, 3.05) is 13.1 Å². The van der Waals surface area contributed by atoms with Crippen molar-refractivity contribution >= 4 is 22.4 Å². The number of aromatic nitrogens is 5. The van der Waals surface area contributed by atoms with Gasteiger partial charge in [0.1, 0.15) is 17.1 Å². The highest BCUT2D eigenvalue weighted by Crippen LogP contribution is 2.32. The second kappa shape index (κ2) is 7.65. The summed E-state index contributed by atoms with van der Waals surface area (Å²) in [6.07, 6.45) is 3.44. The second-order valence-electron chi connectivity index (χ2n) is 9.34. The fraction of sp³-hybridized carbons (Fsp3) is 0.391. The summed E-state index contributed by atoms with van der Waals surface area (Å²) in [5.74, 6) is 0.761. The first-order valence-electron chi connectivity index (χ1n) is 10.7. The van der Waals surface area contributed by atoms with Crippen molar-refractivity contribution in [2.24, 2.45) is 0 Å². The van der Waals surface area contributed by atoms with Crippen LogP contribution in [0.3, 0.4) is 0 Å². The maximum Gasteiger partial charge on any atom is 0.410 e. The molecule has 10 heteroatoms. The number of ether oxygens (including phenoxy) is 1. The first kappa shape index (κ1) is 21.6. The van der Waals surface area contributed by atoms with Crippen LogP contribution in [0.1, 0.15) is 37.3 Å². The highest BCUT2D eigenvalue weighted by atomic mass is 32.1. The fourth-order valence-corrected chi connectivity index (χ4v) is 4.55. The standard InChI is InChI=1S/C23H25FN6O2S/c1-13-6-7-15(8-17(13)24)19-26-20(18-9-25-21-29(18)10-14(2)33-21)30(27-19)16-11-28(12-16)22(31)32-23(3,4)5/h6-10,16H,11-12H2,1-5H3. The molecule has 8 nitrogen and oxygen atoms in total. The molecule has 0 aliphatic carbocycles. The summed E-state index contributed by atoms with van der Waals surface area (Å²) in [6.45, 7) is 10.2. The molecule has 1 aliphatic heterocycles. The number of rotatable bonds is 3. The fourth-order valence-electron chi connectivity index (χ4n) is 3.75. The van der Waals surface area contributed by atoms with Gasteiger partial charge in [-0.3, -0.25) is 4.40 Å². The number of hydrogen-bond acceptors (Lipinski definition) is 6. The van der Waals surface area contributed by atoms with Crippen LogP contribution >= 0.6 is 11.3 Å². The zero-order chi connectivity index (χ0) is 23.5. The largest absolute Gasteiger partial charge is 0.444 e. The van der Waals surface area contributed by atoms with Crippen molar-refractivity contribution in [3.05, 3.63) is 46.9 Å². The van der Waals surface area contributed by atoms with Crippen molar-refractivity contribution in [1.29, 1.82) is 0 Å². The number of carbonyl (C=O) groups excluding carboxylic acids is 1. The number of thiazole rings is 1. The molecule has 5 rings (SSSR count). The van der Waals surface area contributed by atoms with E-state index in [0.29, 0.717) is 35.9 Å². The number of halogens is 1. The number of hydrogen-bond donors (Lipinski definition) is 0. The third kappa shape index (κ3) is 3.99. The molecule has 1 saturated heterocycles. The number of amides is 1. The SMILES string of the molecule is Cc1cn2c(-c3nc(-c4ccc(C)c(F)c4)nn3C3CN(C(=O)OC(C)(C)C)C3)cnc2s1. The summed E-state index contributed by atoms with van der Waals surface area (Å²) in [5.41, 5.74) is 1.42. The summed E-state index contributed by atoms with van der Waals surface area (Å²) in [5, 5.41) is 4.73. The molecule has 0 atom stereocenters. The molecule has 1 aliphatic rings. The highest BCUT2D eigenvalue weighted by Gasteiger charge is 2.37. The monoisotopic (exact) mass is 468 g/mol. The summed E-state index contributed by atoms with van der Waals surface area (Å²) in [6, 6.07) is 4.91. The first-order chi connectivity index (χ1) is 15.6. The predicted molar refractivity (Wildman–Crippen MR) is 124 cm³/mol. The topological polar surface area (TPSA) is 77.6 Å². The van der Waals surface area contributed by atoms with Crippen LogP contribution in [-0.4, -0.2) is 53.8 Å². The molecule has 1 fully saturated rings. The molecule has 3 aromatic heterocycles. The number of fused-ring (bicyclic) bond motifs is 1. The lowest BCUT2D eigenvalue weighted by molar-refractivity contribution is -0.000196. The van der Waals surface area contributed by atoms with E-state index in [1.807, 2.05) is 49.0 Å². The van der Waals surface area contributed by atoms with E-state index >= 15 is 0 Å². The first-order valence-corrected chi connectivity index (χ1v) is 11.6. The van der Waals surface area contributed by atoms with E-state index < -0.39 is 5.60 Å². The number of aryl methyl sites for hydroxylation is 2. The summed E-state index contributed by atoms with van der Waals surface area (Å²) in [7, 11) is 0. The van der Waals surface area contributed by atoms with Crippen LogP contribution in [0.15, 0.2) is 30.6 Å². The molecule has 33 heavy (non-hydrogen) atoms. The van der Waals surface area contributed by atoms with Crippen LogP contribution < -0.4 is 0 Å². The Morgan fingerprint density at radius 1 is 1.24 bits per heavy atom. The Bertz CT molecular complexity index is 1360. The van der Waals surface area contributed by atoms with Crippen molar-refractivity contribution in [2.45, 2.75) is 46.3 Å². The van der Waals surface area contributed by atoms with Crippen LogP contribution in [0, 0.1) is 19.7 Å². The van der Waals surface area contributed by atoms with Gasteiger partial charge < -0.3 is 9.64 Å². The average molecular weight is 469 g/mol. The molecule has 0 radical (unpaired) electrons. The second-order valence-corrected chi connectivity index (χ2v) is 10.6. The molecular formula is C23H25FN6O2S. The number of likely N-dealkylation sites (tertiary alicyclic amines) is 1. The molecule has 172 valence electrons. The van der Waals surface area contributed by atoms with Crippen LogP contribution in [0.25, 0.3) is 27.9 Å². The molecule has 0 unspecified atom stereocenters. The summed E-state index contributed by atoms with van der Waals surface area (Å²) >= 11 is 1.59. The maximum atomic E-state index is 14.2. The molecule has 4 heterocycles. The van der Waals surface area contributed by atoms with Crippen molar-refractivity contribution < 1.29 is 13.9 Å². The lowest BCUT2D eigenvalue weighted by Crippen LogP contribution is -2.52. The number of benzene rings is 1. The van der Waals surface area contributed by atoms with Gasteiger partial charge in [0.05, 0.1) is 12.2 Å². The highest BCUT2D eigenvalue weighted by molar-refractivity contribution is 7.17. The smallest absolute Gasteiger partial charge is 0.410 e. The molecule has 0 N–H and O–H groups in total. The van der Waals surface area contributed by atoms with Gasteiger partial charge in [-0.15, -0.1) is 16.4 Å². The Balaban J connectivity index is 1.52. The molecule has 1 aromatic carbocycles. The van der Waals surface area contributed by atoms with Crippen molar-refractivity contribution in [3.63, 3.8) is 0 Å². The number of carbonyl (C=O) groups is 1. The lowest BCUT2D eigenvalue weighted by Gasteiger charge is -2.39. The Kier molecular flexibility index (Phi) is 5.00. The third-order valence-corrected chi connectivity index (χ3v) is 6.39. The van der Waals surface area contributed by atoms with E-state index in [1.165, 1.54) is 6.07 Å². The zero-order valence-corrected chi connectivity index (χ0v) is 20.0. The molecule has 4 aromatic rings. The van der Waals surface area contributed by atoms with Gasteiger partial charge in [0, 0.05) is 29.7 Å². The normalized spacial score (nSPS) is 14.7. The molecule has 1 amide bonds. The molecule has 0 saturated carbocycles. The maximum absolute atomic E-state index is 14.2. The predicted octanol–water partition coefficient (Wildman–Crippen LogP) is 4.87. The number of nitrogens with zero attached hydrogens (tertiary/aromatic N) is 6. The van der Waals surface area contributed by atoms with Crippen LogP contribution in [0.2, 0.25) is 0 Å². The number of imidazole rings is 1. The van der Waals surface area contributed by atoms with E-state index in [4.69, 9.17) is 14.8 Å². The van der Waals surface area contributed by atoms with Gasteiger partial charge in [-0.25, -0.2) is 23.8 Å². The van der Waals surface area contributed by atoms with Gasteiger partial charge in [0.15, 0.2) is 16.6 Å². The van der Waals surface area contributed by atoms with Crippen molar-refractivity contribution in [1.82, 2.24) is 29.0 Å². The third-order valence-electron chi connectivity index (χ3n) is 5.48. The Labute approximate surface area is 194 Å². The van der Waals surface area contributed by atoms with Crippen molar-refractivity contribution in [3.8, 4) is 22.9 Å². The van der Waals surface area contributed by atoms with E-state index in [0.717, 1.165) is 15.5 Å². The van der Waals surface area contributed by atoms with Crippen LogP contribution in [-0.2, 0) is 4.74 Å². The van der Waals surface area contributed by atoms with E-state index in [-0.39, 0.29) is 18.0 Å². The minimum Gasteiger partial charge on any atom is -0.444 e. The quantitative estimate of drug-likeness (QED) is 0.429. The lowest BCUT2D eigenvalue weighted by atomic mass is 10.1. The average Bonchev–Trinajstić information content (AvgIpc) is 3.35. The minimum absolute atomic E-state index is 0.0747. The van der Waals surface area contributed by atoms with E-state index in [1.54, 1.807) is 35.4 Å². The zero-order valence-electron chi connectivity index (χ0n) is 19.2. The summed E-state index contributed by atoms with van der Waals surface area (Å²) in [4.78, 5) is 25.3. The van der Waals surface area contributed by atoms with Gasteiger partial charge in [-0.2, -0.15) is 0 Å². The Morgan fingerprint density at radius 2 is 2.00 bits per heavy atom. The molecule has 0 spiro atoms. The Hall–Kier alpha value is -3.27. The van der Waals surface area contributed by atoms with Gasteiger partial charge in [-0.1, -0.05) is 12.1 Å². The van der Waals surface area contributed by atoms with Crippen LogP contribution in [0.5, 0.6) is 0 Å². The van der Waals surface area contributed by atoms with Gasteiger partial charge in [0.25, 0.3) is 0 Å². The minimum atomic E-state index is -0.552. The van der Waals surface area contributed by atoms with Crippen LogP contribution in [0.4, 0.5) is 9.18 Å². The molecular weight excluding hydrogens is 443 g/mol. The Morgan fingerprint density at radius 3 is 2.70 bits per heavy atom. The van der Waals surface area contributed by atoms with E-state index in [9.17, 15) is 9.18 Å². The van der Waals surface area contributed by atoms with Gasteiger partial charge >= 0.3 is 6.09 Å². The molecule has 0 bridgehead atoms. The van der Waals surface area contributed by atoms with Gasteiger partial charge in [0.2, 0.25) is 0 Å². The van der Waals surface area contributed by atoms with Gasteiger partial charge in [-0.05, 0) is 46.2 Å². The summed E-state index contributed by atoms with van der Waals surface area (Å²) < 4.78 is 23.5.